The molecule has 4 aromatic rings. The number of para-hydroxylation sites is 1. The van der Waals surface area contributed by atoms with E-state index in [0.717, 1.165) is 5.52 Å². The molecule has 2 heterocycles. The Kier molecular flexibility index (Phi) is 3.35. The zero-order chi connectivity index (χ0) is 17.6. The van der Waals surface area contributed by atoms with Crippen molar-refractivity contribution in [3.8, 4) is 0 Å². The van der Waals surface area contributed by atoms with Crippen LogP contribution in [-0.4, -0.2) is 26.7 Å². The number of Topliss-reactive ketones (excluding diaryl/α,β-unsaturated/α-hetero) is 1. The topological polar surface area (TPSA) is 90.0 Å². The number of nitrogens with zero attached hydrogens (tertiary/aromatic N) is 3. The highest BCUT2D eigenvalue weighted by molar-refractivity contribution is 6.14. The maximum Gasteiger partial charge on any atom is 0.255 e. The Labute approximate surface area is 142 Å². The van der Waals surface area contributed by atoms with Crippen molar-refractivity contribution in [1.29, 1.82) is 0 Å². The number of rotatable bonds is 3. The van der Waals surface area contributed by atoms with Gasteiger partial charge in [0.2, 0.25) is 0 Å². The third-order valence-electron chi connectivity index (χ3n) is 4.03. The molecule has 0 saturated heterocycles. The number of amides is 1. The van der Waals surface area contributed by atoms with Crippen LogP contribution in [0.5, 0.6) is 0 Å². The monoisotopic (exact) mass is 334 g/mol. The van der Waals surface area contributed by atoms with Gasteiger partial charge < -0.3 is 9.73 Å². The summed E-state index contributed by atoms with van der Waals surface area (Å²) < 4.78 is 7.21. The van der Waals surface area contributed by atoms with Gasteiger partial charge in [-0.25, -0.2) is 4.68 Å². The van der Waals surface area contributed by atoms with Crippen molar-refractivity contribution >= 4 is 39.4 Å². The molecular formula is C18H14N4O3. The molecule has 124 valence electrons. The smallest absolute Gasteiger partial charge is 0.255 e. The second-order valence-electron chi connectivity index (χ2n) is 5.73. The Hall–Kier alpha value is -3.48. The Morgan fingerprint density at radius 1 is 1.16 bits per heavy atom. The number of furan rings is 1. The molecule has 1 N–H and O–H groups in total. The van der Waals surface area contributed by atoms with Gasteiger partial charge in [0.25, 0.3) is 5.91 Å². The third kappa shape index (κ3) is 2.46. The van der Waals surface area contributed by atoms with Crippen molar-refractivity contribution < 1.29 is 14.0 Å². The number of aryl methyl sites for hydroxylation is 1. The Bertz CT molecular complexity index is 1140. The predicted molar refractivity (Wildman–Crippen MR) is 92.7 cm³/mol. The number of hydrogen-bond donors (Lipinski definition) is 1. The standard InChI is InChI=1S/C18H14N4O3/c1-10(23)17-16(12-5-3-4-6-15(12)25-17)19-18(24)11-7-8-14-13(9-11)20-21-22(14)2/h3-9H,1-2H3,(H,19,24). The zero-order valence-corrected chi connectivity index (χ0v) is 13.6. The molecule has 0 atom stereocenters. The van der Waals surface area contributed by atoms with Gasteiger partial charge in [0, 0.05) is 24.9 Å². The molecule has 2 aromatic carbocycles. The van der Waals surface area contributed by atoms with Crippen LogP contribution in [-0.2, 0) is 7.05 Å². The summed E-state index contributed by atoms with van der Waals surface area (Å²) in [6.45, 7) is 1.40. The van der Waals surface area contributed by atoms with Gasteiger partial charge in [-0.1, -0.05) is 17.3 Å². The molecule has 0 bridgehead atoms. The van der Waals surface area contributed by atoms with E-state index in [1.54, 1.807) is 42.1 Å². The van der Waals surface area contributed by atoms with Crippen molar-refractivity contribution in [2.24, 2.45) is 7.05 Å². The summed E-state index contributed by atoms with van der Waals surface area (Å²) in [6, 6.07) is 12.3. The predicted octanol–water partition coefficient (Wildman–Crippen LogP) is 3.17. The van der Waals surface area contributed by atoms with E-state index in [2.05, 4.69) is 15.6 Å². The molecule has 25 heavy (non-hydrogen) atoms. The second-order valence-corrected chi connectivity index (χ2v) is 5.73. The highest BCUT2D eigenvalue weighted by Crippen LogP contribution is 2.31. The van der Waals surface area contributed by atoms with Crippen LogP contribution in [0.4, 0.5) is 5.69 Å². The van der Waals surface area contributed by atoms with E-state index in [9.17, 15) is 9.59 Å². The van der Waals surface area contributed by atoms with Crippen molar-refractivity contribution in [3.63, 3.8) is 0 Å². The van der Waals surface area contributed by atoms with Gasteiger partial charge in [0.15, 0.2) is 11.5 Å². The molecule has 0 aliphatic heterocycles. The molecule has 0 aliphatic carbocycles. The van der Waals surface area contributed by atoms with Crippen LogP contribution in [0.1, 0.15) is 27.8 Å². The van der Waals surface area contributed by atoms with E-state index in [-0.39, 0.29) is 17.5 Å². The van der Waals surface area contributed by atoms with Gasteiger partial charge >= 0.3 is 0 Å². The lowest BCUT2D eigenvalue weighted by Gasteiger charge is -2.05. The fourth-order valence-electron chi connectivity index (χ4n) is 2.79. The molecule has 2 aromatic heterocycles. The maximum atomic E-state index is 12.7. The molecule has 0 radical (unpaired) electrons. The molecule has 0 spiro atoms. The molecule has 1 amide bonds. The minimum absolute atomic E-state index is 0.134. The largest absolute Gasteiger partial charge is 0.451 e. The van der Waals surface area contributed by atoms with Crippen LogP contribution in [0, 0.1) is 0 Å². The molecule has 4 rings (SSSR count). The molecular weight excluding hydrogens is 320 g/mol. The number of benzene rings is 2. The molecule has 7 nitrogen and oxygen atoms in total. The number of anilines is 1. The quantitative estimate of drug-likeness (QED) is 0.581. The van der Waals surface area contributed by atoms with E-state index >= 15 is 0 Å². The molecule has 7 heteroatoms. The number of hydrogen-bond acceptors (Lipinski definition) is 5. The SMILES string of the molecule is CC(=O)c1oc2ccccc2c1NC(=O)c1ccc2c(c1)nnn2C. The van der Waals surface area contributed by atoms with Crippen LogP contribution in [0.3, 0.4) is 0 Å². The van der Waals surface area contributed by atoms with Crippen LogP contribution in [0.25, 0.3) is 22.0 Å². The highest BCUT2D eigenvalue weighted by Gasteiger charge is 2.20. The third-order valence-corrected chi connectivity index (χ3v) is 4.03. The molecule has 0 unspecified atom stereocenters. The van der Waals surface area contributed by atoms with Crippen LogP contribution >= 0.6 is 0 Å². The lowest BCUT2D eigenvalue weighted by molar-refractivity contribution is 0.0990. The number of nitrogens with one attached hydrogen (secondary N) is 1. The van der Waals surface area contributed by atoms with Crippen molar-refractivity contribution in [2.45, 2.75) is 6.92 Å². The summed E-state index contributed by atoms with van der Waals surface area (Å²) in [6.07, 6.45) is 0. The second kappa shape index (κ2) is 5.55. The van der Waals surface area contributed by atoms with Gasteiger partial charge in [-0.2, -0.15) is 0 Å². The minimum Gasteiger partial charge on any atom is -0.451 e. The summed E-state index contributed by atoms with van der Waals surface area (Å²) in [4.78, 5) is 24.5. The molecule has 0 fully saturated rings. The van der Waals surface area contributed by atoms with E-state index in [0.29, 0.717) is 27.7 Å². The first-order valence-corrected chi connectivity index (χ1v) is 7.68. The number of carbonyl (C=O) groups is 2. The minimum atomic E-state index is -0.346. The van der Waals surface area contributed by atoms with Gasteiger partial charge in [-0.15, -0.1) is 5.10 Å². The van der Waals surface area contributed by atoms with Crippen LogP contribution in [0.2, 0.25) is 0 Å². The van der Waals surface area contributed by atoms with Crippen molar-refractivity contribution in [1.82, 2.24) is 15.0 Å². The van der Waals surface area contributed by atoms with Gasteiger partial charge in [-0.05, 0) is 30.3 Å². The van der Waals surface area contributed by atoms with Gasteiger partial charge in [0.1, 0.15) is 11.1 Å². The van der Waals surface area contributed by atoms with E-state index in [1.165, 1.54) is 6.92 Å². The summed E-state index contributed by atoms with van der Waals surface area (Å²) in [5, 5.41) is 11.4. The van der Waals surface area contributed by atoms with E-state index in [4.69, 9.17) is 4.42 Å². The summed E-state index contributed by atoms with van der Waals surface area (Å²) in [7, 11) is 1.78. The lowest BCUT2D eigenvalue weighted by atomic mass is 10.1. The number of carbonyl (C=O) groups excluding carboxylic acids is 2. The normalized spacial score (nSPS) is 11.1. The Morgan fingerprint density at radius 3 is 2.76 bits per heavy atom. The first-order valence-electron chi connectivity index (χ1n) is 7.68. The lowest BCUT2D eigenvalue weighted by Crippen LogP contribution is -2.13. The maximum absolute atomic E-state index is 12.7. The highest BCUT2D eigenvalue weighted by atomic mass is 16.3. The van der Waals surface area contributed by atoms with E-state index < -0.39 is 0 Å². The molecule has 0 aliphatic rings. The average Bonchev–Trinajstić information content (AvgIpc) is 3.16. The van der Waals surface area contributed by atoms with Gasteiger partial charge in [0.05, 0.1) is 11.2 Å². The molecule has 0 saturated carbocycles. The number of ketones is 1. The first-order chi connectivity index (χ1) is 12.0. The van der Waals surface area contributed by atoms with Crippen LogP contribution in [0.15, 0.2) is 46.9 Å². The van der Waals surface area contributed by atoms with E-state index in [1.807, 2.05) is 12.1 Å². The summed E-state index contributed by atoms with van der Waals surface area (Å²) in [5.41, 5.74) is 2.81. The number of fused-ring (bicyclic) bond motifs is 2. The fourth-order valence-corrected chi connectivity index (χ4v) is 2.79. The van der Waals surface area contributed by atoms with Crippen molar-refractivity contribution in [2.75, 3.05) is 5.32 Å². The zero-order valence-electron chi connectivity index (χ0n) is 13.6. The van der Waals surface area contributed by atoms with Crippen molar-refractivity contribution in [3.05, 3.63) is 53.8 Å². The average molecular weight is 334 g/mol. The Morgan fingerprint density at radius 2 is 1.96 bits per heavy atom. The Balaban J connectivity index is 1.75. The summed E-state index contributed by atoms with van der Waals surface area (Å²) >= 11 is 0. The fraction of sp³-hybridized carbons (Fsp3) is 0.111. The van der Waals surface area contributed by atoms with Crippen LogP contribution < -0.4 is 5.32 Å². The summed E-state index contributed by atoms with van der Waals surface area (Å²) in [5.74, 6) is -0.465. The first kappa shape index (κ1) is 15.1. The number of aromatic nitrogens is 3. The van der Waals surface area contributed by atoms with Gasteiger partial charge in [-0.3, -0.25) is 9.59 Å².